The van der Waals surface area contributed by atoms with Gasteiger partial charge in [0.15, 0.2) is 5.78 Å². The molecule has 32 heavy (non-hydrogen) atoms. The summed E-state index contributed by atoms with van der Waals surface area (Å²) < 4.78 is 0. The summed E-state index contributed by atoms with van der Waals surface area (Å²) in [5.74, 6) is -0.711. The third kappa shape index (κ3) is 8.63. The number of allylic oxidation sites excluding steroid dienone is 7. The molecule has 2 N–H and O–H groups in total. The number of benzene rings is 2. The smallest absolute Gasteiger partial charge is 0.248 e. The van der Waals surface area contributed by atoms with Crippen LogP contribution in [0.5, 0.6) is 0 Å². The quantitative estimate of drug-likeness (QED) is 0.306. The van der Waals surface area contributed by atoms with Crippen LogP contribution in [0.3, 0.4) is 0 Å². The molecule has 2 aromatic rings. The van der Waals surface area contributed by atoms with Crippen LogP contribution in [0.4, 0.5) is 11.4 Å². The normalized spacial score (nSPS) is 11.8. The highest BCUT2D eigenvalue weighted by atomic mass is 16.2. The molecule has 2 rings (SSSR count). The van der Waals surface area contributed by atoms with Crippen molar-refractivity contribution in [2.75, 3.05) is 10.6 Å². The molecule has 0 aromatic heterocycles. The zero-order chi connectivity index (χ0) is 23.2. The minimum absolute atomic E-state index is 0.200. The van der Waals surface area contributed by atoms with Crippen LogP contribution in [0.25, 0.3) is 6.08 Å². The summed E-state index contributed by atoms with van der Waals surface area (Å²) in [6, 6.07) is 13.9. The predicted molar refractivity (Wildman–Crippen MR) is 131 cm³/mol. The van der Waals surface area contributed by atoms with Gasteiger partial charge in [-0.25, -0.2) is 0 Å². The molecule has 0 fully saturated rings. The van der Waals surface area contributed by atoms with E-state index in [2.05, 4.69) is 10.6 Å². The Balaban J connectivity index is 2.04. The van der Waals surface area contributed by atoms with Crippen molar-refractivity contribution in [3.63, 3.8) is 0 Å². The zero-order valence-electron chi connectivity index (χ0n) is 18.1. The Morgan fingerprint density at radius 3 is 1.84 bits per heavy atom. The molecular formula is C27H26N2O3. The molecule has 162 valence electrons. The van der Waals surface area contributed by atoms with Crippen LogP contribution >= 0.6 is 0 Å². The first kappa shape index (κ1) is 24.0. The van der Waals surface area contributed by atoms with E-state index < -0.39 is 0 Å². The topological polar surface area (TPSA) is 75.3 Å². The molecular weight excluding hydrogens is 400 g/mol. The number of nitrogens with one attached hydrogen (secondary N) is 2. The van der Waals surface area contributed by atoms with Crippen molar-refractivity contribution in [2.24, 2.45) is 0 Å². The Morgan fingerprint density at radius 1 is 0.688 bits per heavy atom. The second-order valence-corrected chi connectivity index (χ2v) is 6.65. The van der Waals surface area contributed by atoms with E-state index in [4.69, 9.17) is 0 Å². The van der Waals surface area contributed by atoms with Crippen LogP contribution in [-0.2, 0) is 9.59 Å². The van der Waals surface area contributed by atoms with Crippen molar-refractivity contribution in [3.05, 3.63) is 114 Å². The van der Waals surface area contributed by atoms with Crippen LogP contribution in [0.15, 0.2) is 103 Å². The molecule has 0 saturated heterocycles. The van der Waals surface area contributed by atoms with Gasteiger partial charge in [-0.2, -0.15) is 0 Å². The number of hydrogen-bond donors (Lipinski definition) is 2. The van der Waals surface area contributed by atoms with Gasteiger partial charge in [0.05, 0.1) is 0 Å². The van der Waals surface area contributed by atoms with Gasteiger partial charge in [0, 0.05) is 29.1 Å². The monoisotopic (exact) mass is 426 g/mol. The highest BCUT2D eigenvalue weighted by molar-refractivity contribution is 6.08. The van der Waals surface area contributed by atoms with E-state index in [1.165, 1.54) is 18.2 Å². The molecule has 5 heteroatoms. The van der Waals surface area contributed by atoms with Crippen LogP contribution in [0.2, 0.25) is 0 Å². The maximum atomic E-state index is 12.6. The van der Waals surface area contributed by atoms with E-state index in [0.29, 0.717) is 16.9 Å². The summed E-state index contributed by atoms with van der Waals surface area (Å²) in [5.41, 5.74) is 2.39. The minimum Gasteiger partial charge on any atom is -0.322 e. The third-order valence-corrected chi connectivity index (χ3v) is 4.10. The van der Waals surface area contributed by atoms with Crippen molar-refractivity contribution in [3.8, 4) is 0 Å². The second-order valence-electron chi connectivity index (χ2n) is 6.65. The van der Waals surface area contributed by atoms with Gasteiger partial charge in [-0.15, -0.1) is 0 Å². The van der Waals surface area contributed by atoms with E-state index in [-0.39, 0.29) is 17.6 Å². The van der Waals surface area contributed by atoms with Crippen LogP contribution < -0.4 is 10.6 Å². The van der Waals surface area contributed by atoms with Crippen molar-refractivity contribution in [1.82, 2.24) is 0 Å². The predicted octanol–water partition coefficient (Wildman–Crippen LogP) is 5.72. The third-order valence-electron chi connectivity index (χ3n) is 4.10. The summed E-state index contributed by atoms with van der Waals surface area (Å²) in [4.78, 5) is 36.4. The molecule has 0 aliphatic carbocycles. The Morgan fingerprint density at radius 2 is 1.25 bits per heavy atom. The van der Waals surface area contributed by atoms with Crippen LogP contribution in [0.1, 0.15) is 29.8 Å². The molecule has 2 aromatic carbocycles. The summed E-state index contributed by atoms with van der Waals surface area (Å²) in [7, 11) is 0. The largest absolute Gasteiger partial charge is 0.322 e. The molecule has 0 radical (unpaired) electrons. The molecule has 0 aliphatic rings. The number of amides is 2. The average molecular weight is 427 g/mol. The second kappa shape index (κ2) is 13.1. The first-order chi connectivity index (χ1) is 15.5. The number of hydrogen-bond acceptors (Lipinski definition) is 3. The highest BCUT2D eigenvalue weighted by Crippen LogP contribution is 2.15. The summed E-state index contributed by atoms with van der Waals surface area (Å²) >= 11 is 0. The van der Waals surface area contributed by atoms with Crippen molar-refractivity contribution >= 4 is 35.0 Å². The van der Waals surface area contributed by atoms with Crippen LogP contribution in [-0.4, -0.2) is 17.6 Å². The standard InChI is InChI=1S/C27H26N2O3/c1-3-5-7-15-26(31)28-23-13-9-11-21(19-23)17-18-25(30)22-12-10-14-24(20-22)29-27(32)16-8-6-4-2/h3-20H,1-2H3,(H,28,31)(H,29,32)/b5-3+,6-4+,15-7+,16-8+,18-17+. The number of ketones is 1. The Hall–Kier alpha value is -4.25. The SMILES string of the molecule is C/C=C/C=C/C(=O)Nc1cccc(/C=C/C(=O)c2cccc(NC(=O)/C=C/C=C/C)c2)c1. The van der Waals surface area contributed by atoms with Crippen molar-refractivity contribution < 1.29 is 14.4 Å². The van der Waals surface area contributed by atoms with Crippen molar-refractivity contribution in [1.29, 1.82) is 0 Å². The molecule has 0 saturated carbocycles. The molecule has 2 amide bonds. The maximum absolute atomic E-state index is 12.6. The molecule has 5 nitrogen and oxygen atoms in total. The van der Waals surface area contributed by atoms with Gasteiger partial charge < -0.3 is 10.6 Å². The Labute approximate surface area is 188 Å². The first-order valence-electron chi connectivity index (χ1n) is 10.1. The fourth-order valence-electron chi connectivity index (χ4n) is 2.61. The van der Waals surface area contributed by atoms with E-state index in [1.54, 1.807) is 72.8 Å². The van der Waals surface area contributed by atoms with Gasteiger partial charge >= 0.3 is 0 Å². The summed E-state index contributed by atoms with van der Waals surface area (Å²) in [5, 5.41) is 5.50. The summed E-state index contributed by atoms with van der Waals surface area (Å²) in [6.07, 6.45) is 16.5. The van der Waals surface area contributed by atoms with E-state index in [0.717, 1.165) is 5.56 Å². The molecule has 0 spiro atoms. The summed E-state index contributed by atoms with van der Waals surface area (Å²) in [6.45, 7) is 3.73. The lowest BCUT2D eigenvalue weighted by atomic mass is 10.1. The Bertz CT molecular complexity index is 1110. The molecule has 0 atom stereocenters. The van der Waals surface area contributed by atoms with E-state index in [1.807, 2.05) is 32.1 Å². The van der Waals surface area contributed by atoms with Gasteiger partial charge in [0.2, 0.25) is 11.8 Å². The van der Waals surface area contributed by atoms with E-state index in [9.17, 15) is 14.4 Å². The average Bonchev–Trinajstić information content (AvgIpc) is 2.78. The fraction of sp³-hybridized carbons (Fsp3) is 0.0741. The van der Waals surface area contributed by atoms with Gasteiger partial charge in [-0.3, -0.25) is 14.4 Å². The number of carbonyl (C=O) groups is 3. The van der Waals surface area contributed by atoms with Crippen molar-refractivity contribution in [2.45, 2.75) is 13.8 Å². The lowest BCUT2D eigenvalue weighted by molar-refractivity contribution is -0.112. The van der Waals surface area contributed by atoms with Gasteiger partial charge in [0.1, 0.15) is 0 Å². The molecule has 0 aliphatic heterocycles. The fourth-order valence-corrected chi connectivity index (χ4v) is 2.61. The lowest BCUT2D eigenvalue weighted by Gasteiger charge is -2.04. The first-order valence-corrected chi connectivity index (χ1v) is 10.1. The van der Waals surface area contributed by atoms with Gasteiger partial charge in [-0.05, 0) is 49.8 Å². The zero-order valence-corrected chi connectivity index (χ0v) is 18.1. The van der Waals surface area contributed by atoms with Gasteiger partial charge in [-0.1, -0.05) is 66.8 Å². The Kier molecular flexibility index (Phi) is 9.86. The number of carbonyl (C=O) groups excluding carboxylic acids is 3. The van der Waals surface area contributed by atoms with Crippen LogP contribution in [0, 0.1) is 0 Å². The number of rotatable bonds is 9. The maximum Gasteiger partial charge on any atom is 0.248 e. The van der Waals surface area contributed by atoms with E-state index >= 15 is 0 Å². The minimum atomic E-state index is -0.275. The lowest BCUT2D eigenvalue weighted by Crippen LogP contribution is -2.08. The van der Waals surface area contributed by atoms with Gasteiger partial charge in [0.25, 0.3) is 0 Å². The highest BCUT2D eigenvalue weighted by Gasteiger charge is 2.05. The molecule has 0 unspecified atom stereocenters. The number of anilines is 2. The molecule has 0 heterocycles. The molecule has 0 bridgehead atoms.